The molecule has 0 saturated heterocycles. The van der Waals surface area contributed by atoms with E-state index in [-0.39, 0.29) is 17.3 Å². The predicted octanol–water partition coefficient (Wildman–Crippen LogP) is 1.32. The molecule has 0 atom stereocenters. The minimum atomic E-state index is -3.53. The Balaban J connectivity index is 2.71. The van der Waals surface area contributed by atoms with E-state index in [0.717, 1.165) is 17.1 Å². The van der Waals surface area contributed by atoms with Crippen molar-refractivity contribution >= 4 is 21.8 Å². The number of hydrogen-bond acceptors (Lipinski definition) is 4. The van der Waals surface area contributed by atoms with Crippen LogP contribution in [-0.4, -0.2) is 63.2 Å². The van der Waals surface area contributed by atoms with E-state index in [1.807, 2.05) is 13.8 Å². The number of nitrogens with one attached hydrogen (secondary N) is 1. The zero-order chi connectivity index (χ0) is 19.0. The van der Waals surface area contributed by atoms with Gasteiger partial charge in [-0.3, -0.25) is 9.59 Å². The zero-order valence-electron chi connectivity index (χ0n) is 15.3. The summed E-state index contributed by atoms with van der Waals surface area (Å²) in [7, 11) is -0.639. The quantitative estimate of drug-likeness (QED) is 0.711. The van der Waals surface area contributed by atoms with Gasteiger partial charge in [-0.25, -0.2) is 12.7 Å². The molecule has 8 heteroatoms. The summed E-state index contributed by atoms with van der Waals surface area (Å²) in [5.41, 5.74) is 0.308. The second kappa shape index (κ2) is 9.53. The molecule has 140 valence electrons. The molecular formula is C17H27N3O4S. The van der Waals surface area contributed by atoms with Gasteiger partial charge in [0.1, 0.15) is 0 Å². The van der Waals surface area contributed by atoms with Gasteiger partial charge in [0, 0.05) is 32.7 Å². The lowest BCUT2D eigenvalue weighted by atomic mass is 10.2. The lowest BCUT2D eigenvalue weighted by Gasteiger charge is -2.21. The maximum Gasteiger partial charge on any atom is 0.251 e. The van der Waals surface area contributed by atoms with Crippen LogP contribution < -0.4 is 5.32 Å². The molecule has 0 bridgehead atoms. The molecule has 0 saturated carbocycles. The SMILES string of the molecule is CCCN(CCC)C(=O)CNC(=O)c1ccc(S(=O)(=O)N(C)C)cc1. The van der Waals surface area contributed by atoms with Gasteiger partial charge in [-0.2, -0.15) is 0 Å². The van der Waals surface area contributed by atoms with E-state index in [1.54, 1.807) is 4.90 Å². The topological polar surface area (TPSA) is 86.8 Å². The molecule has 25 heavy (non-hydrogen) atoms. The number of hydrogen-bond donors (Lipinski definition) is 1. The van der Waals surface area contributed by atoms with Crippen LogP contribution in [0.5, 0.6) is 0 Å². The van der Waals surface area contributed by atoms with Crippen LogP contribution in [0.15, 0.2) is 29.2 Å². The molecule has 2 amide bonds. The third-order valence-electron chi connectivity index (χ3n) is 3.64. The molecule has 0 radical (unpaired) electrons. The van der Waals surface area contributed by atoms with Gasteiger partial charge < -0.3 is 10.2 Å². The van der Waals surface area contributed by atoms with Gasteiger partial charge in [0.25, 0.3) is 5.91 Å². The summed E-state index contributed by atoms with van der Waals surface area (Å²) < 4.78 is 25.1. The van der Waals surface area contributed by atoms with Gasteiger partial charge in [-0.15, -0.1) is 0 Å². The van der Waals surface area contributed by atoms with Gasteiger partial charge in [0.05, 0.1) is 11.4 Å². The smallest absolute Gasteiger partial charge is 0.251 e. The highest BCUT2D eigenvalue weighted by Crippen LogP contribution is 2.13. The van der Waals surface area contributed by atoms with Crippen LogP contribution in [-0.2, 0) is 14.8 Å². The third kappa shape index (κ3) is 5.82. The number of carbonyl (C=O) groups excluding carboxylic acids is 2. The fraction of sp³-hybridized carbons (Fsp3) is 0.529. The van der Waals surface area contributed by atoms with Crippen LogP contribution in [0.25, 0.3) is 0 Å². The lowest BCUT2D eigenvalue weighted by molar-refractivity contribution is -0.130. The molecule has 0 aliphatic rings. The van der Waals surface area contributed by atoms with Crippen LogP contribution in [0.1, 0.15) is 37.0 Å². The Labute approximate surface area is 150 Å². The molecule has 7 nitrogen and oxygen atoms in total. The number of nitrogens with zero attached hydrogens (tertiary/aromatic N) is 2. The Morgan fingerprint density at radius 1 is 1.00 bits per heavy atom. The first-order valence-electron chi connectivity index (χ1n) is 8.32. The van der Waals surface area contributed by atoms with Crippen molar-refractivity contribution in [1.29, 1.82) is 0 Å². The Bertz CT molecular complexity index is 678. The molecule has 0 fully saturated rings. The Hall–Kier alpha value is -1.93. The Morgan fingerprint density at radius 3 is 1.96 bits per heavy atom. The zero-order valence-corrected chi connectivity index (χ0v) is 16.1. The fourth-order valence-electron chi connectivity index (χ4n) is 2.26. The van der Waals surface area contributed by atoms with E-state index >= 15 is 0 Å². The van der Waals surface area contributed by atoms with Crippen molar-refractivity contribution in [3.63, 3.8) is 0 Å². The monoisotopic (exact) mass is 369 g/mol. The van der Waals surface area contributed by atoms with Crippen LogP contribution in [0.2, 0.25) is 0 Å². The fourth-order valence-corrected chi connectivity index (χ4v) is 3.16. The highest BCUT2D eigenvalue weighted by atomic mass is 32.2. The maximum atomic E-state index is 12.1. The van der Waals surface area contributed by atoms with Crippen LogP contribution in [0, 0.1) is 0 Å². The molecule has 0 heterocycles. The molecule has 0 aliphatic heterocycles. The summed E-state index contributed by atoms with van der Waals surface area (Å²) in [5, 5.41) is 2.59. The van der Waals surface area contributed by atoms with E-state index in [0.29, 0.717) is 18.7 Å². The van der Waals surface area contributed by atoms with Crippen molar-refractivity contribution in [2.75, 3.05) is 33.7 Å². The molecule has 0 unspecified atom stereocenters. The Morgan fingerprint density at radius 2 is 1.52 bits per heavy atom. The number of carbonyl (C=O) groups is 2. The standard InChI is InChI=1S/C17H27N3O4S/c1-5-11-20(12-6-2)16(21)13-18-17(22)14-7-9-15(10-8-14)25(23,24)19(3)4/h7-10H,5-6,11-13H2,1-4H3,(H,18,22). The molecule has 0 aliphatic carbocycles. The van der Waals surface area contributed by atoms with Crippen molar-refractivity contribution < 1.29 is 18.0 Å². The summed E-state index contributed by atoms with van der Waals surface area (Å²) in [6.07, 6.45) is 1.73. The van der Waals surface area contributed by atoms with Crippen molar-refractivity contribution in [3.05, 3.63) is 29.8 Å². The molecule has 0 aromatic heterocycles. The average molecular weight is 369 g/mol. The first-order valence-corrected chi connectivity index (χ1v) is 9.76. The van der Waals surface area contributed by atoms with E-state index < -0.39 is 15.9 Å². The number of benzene rings is 1. The van der Waals surface area contributed by atoms with Crippen LogP contribution >= 0.6 is 0 Å². The van der Waals surface area contributed by atoms with Gasteiger partial charge in [-0.05, 0) is 37.1 Å². The van der Waals surface area contributed by atoms with Crippen LogP contribution in [0.4, 0.5) is 0 Å². The summed E-state index contributed by atoms with van der Waals surface area (Å²) in [6.45, 7) is 5.26. The van der Waals surface area contributed by atoms with Crippen molar-refractivity contribution in [3.8, 4) is 0 Å². The average Bonchev–Trinajstić information content (AvgIpc) is 2.59. The number of amides is 2. The molecule has 1 rings (SSSR count). The third-order valence-corrected chi connectivity index (χ3v) is 5.46. The van der Waals surface area contributed by atoms with Gasteiger partial charge >= 0.3 is 0 Å². The first kappa shape index (κ1) is 21.1. The summed E-state index contributed by atoms with van der Waals surface area (Å²) in [6, 6.07) is 5.64. The molecule has 1 aromatic carbocycles. The molecule has 1 aromatic rings. The minimum absolute atomic E-state index is 0.0728. The molecular weight excluding hydrogens is 342 g/mol. The van der Waals surface area contributed by atoms with Crippen molar-refractivity contribution in [2.45, 2.75) is 31.6 Å². The van der Waals surface area contributed by atoms with Crippen LogP contribution in [0.3, 0.4) is 0 Å². The van der Waals surface area contributed by atoms with E-state index in [4.69, 9.17) is 0 Å². The van der Waals surface area contributed by atoms with Crippen molar-refractivity contribution in [1.82, 2.24) is 14.5 Å². The van der Waals surface area contributed by atoms with E-state index in [9.17, 15) is 18.0 Å². The highest BCUT2D eigenvalue weighted by molar-refractivity contribution is 7.89. The van der Waals surface area contributed by atoms with E-state index in [1.165, 1.54) is 38.4 Å². The summed E-state index contributed by atoms with van der Waals surface area (Å²) in [5.74, 6) is -0.529. The van der Waals surface area contributed by atoms with Gasteiger partial charge in [0.2, 0.25) is 15.9 Å². The van der Waals surface area contributed by atoms with Gasteiger partial charge in [-0.1, -0.05) is 13.8 Å². The number of rotatable bonds is 9. The minimum Gasteiger partial charge on any atom is -0.343 e. The first-order chi connectivity index (χ1) is 11.7. The summed E-state index contributed by atoms with van der Waals surface area (Å²) in [4.78, 5) is 26.1. The van der Waals surface area contributed by atoms with E-state index in [2.05, 4.69) is 5.32 Å². The maximum absolute atomic E-state index is 12.1. The Kier molecular flexibility index (Phi) is 8.05. The molecule has 1 N–H and O–H groups in total. The largest absolute Gasteiger partial charge is 0.343 e. The second-order valence-electron chi connectivity index (χ2n) is 5.88. The predicted molar refractivity (Wildman–Crippen MR) is 96.8 cm³/mol. The van der Waals surface area contributed by atoms with Gasteiger partial charge in [0.15, 0.2) is 0 Å². The second-order valence-corrected chi connectivity index (χ2v) is 8.03. The lowest BCUT2D eigenvalue weighted by Crippen LogP contribution is -2.41. The normalized spacial score (nSPS) is 11.4. The van der Waals surface area contributed by atoms with Crippen molar-refractivity contribution in [2.24, 2.45) is 0 Å². The highest BCUT2D eigenvalue weighted by Gasteiger charge is 2.18. The summed E-state index contributed by atoms with van der Waals surface area (Å²) >= 11 is 0. The molecule has 0 spiro atoms. The number of sulfonamides is 1.